The summed E-state index contributed by atoms with van der Waals surface area (Å²) in [5.41, 5.74) is 2.17. The Labute approximate surface area is 162 Å². The van der Waals surface area contributed by atoms with E-state index in [9.17, 15) is 4.79 Å². The van der Waals surface area contributed by atoms with Crippen molar-refractivity contribution < 1.29 is 0 Å². The molecule has 0 bridgehead atoms. The van der Waals surface area contributed by atoms with E-state index in [0.717, 1.165) is 16.5 Å². The Morgan fingerprint density at radius 3 is 2.96 bits per heavy atom. The number of rotatable bonds is 4. The summed E-state index contributed by atoms with van der Waals surface area (Å²) in [7, 11) is 0. The van der Waals surface area contributed by atoms with Crippen LogP contribution in [0.15, 0.2) is 54.2 Å². The quantitative estimate of drug-likeness (QED) is 0.375. The van der Waals surface area contributed by atoms with E-state index in [0.29, 0.717) is 32.4 Å². The monoisotopic (exact) mass is 400 g/mol. The molecule has 0 aliphatic heterocycles. The van der Waals surface area contributed by atoms with Crippen LogP contribution >= 0.6 is 35.2 Å². The van der Waals surface area contributed by atoms with Gasteiger partial charge in [0.15, 0.2) is 9.60 Å². The van der Waals surface area contributed by atoms with Gasteiger partial charge in [-0.05, 0) is 36.0 Å². The largest absolute Gasteiger partial charge is 0.304 e. The molecular weight excluding hydrogens is 388 g/mol. The van der Waals surface area contributed by atoms with Crippen LogP contribution in [0.25, 0.3) is 21.3 Å². The van der Waals surface area contributed by atoms with Gasteiger partial charge in [0.2, 0.25) is 0 Å². The molecule has 0 spiro atoms. The summed E-state index contributed by atoms with van der Waals surface area (Å²) in [4.78, 5) is 21.8. The minimum Gasteiger partial charge on any atom is -0.304 e. The number of aromatic nitrogens is 4. The maximum absolute atomic E-state index is 12.9. The Morgan fingerprint density at radius 2 is 2.15 bits per heavy atom. The van der Waals surface area contributed by atoms with E-state index < -0.39 is 0 Å². The smallest absolute Gasteiger partial charge is 0.273 e. The van der Waals surface area contributed by atoms with Crippen molar-refractivity contribution in [2.45, 2.75) is 13.1 Å². The van der Waals surface area contributed by atoms with Gasteiger partial charge in [0.25, 0.3) is 5.56 Å². The minimum absolute atomic E-state index is 0.118. The molecule has 0 fully saturated rings. The maximum atomic E-state index is 12.9. The number of fused-ring (bicyclic) bond motifs is 2. The van der Waals surface area contributed by atoms with Gasteiger partial charge in [0.1, 0.15) is 11.0 Å². The fourth-order valence-corrected chi connectivity index (χ4v) is 4.41. The molecule has 0 amide bonds. The highest BCUT2D eigenvalue weighted by atomic mass is 35.5. The first kappa shape index (κ1) is 17.1. The molecule has 8 heteroatoms. The lowest BCUT2D eigenvalue weighted by Crippen LogP contribution is -2.21. The third-order valence-electron chi connectivity index (χ3n) is 4.10. The van der Waals surface area contributed by atoms with Crippen LogP contribution in [0.1, 0.15) is 5.56 Å². The molecule has 0 unspecified atom stereocenters. The molecule has 0 saturated heterocycles. The predicted molar refractivity (Wildman–Crippen MR) is 109 cm³/mol. The normalized spacial score (nSPS) is 11.3. The highest BCUT2D eigenvalue weighted by molar-refractivity contribution is 7.73. The Balaban J connectivity index is 1.86. The summed E-state index contributed by atoms with van der Waals surface area (Å²) in [6.07, 6.45) is 5.00. The first-order valence-corrected chi connectivity index (χ1v) is 9.42. The molecule has 0 saturated carbocycles. The summed E-state index contributed by atoms with van der Waals surface area (Å²) in [6.45, 7) is 4.61. The molecule has 0 N–H and O–H groups in total. The molecule has 3 aromatic heterocycles. The summed E-state index contributed by atoms with van der Waals surface area (Å²) in [5, 5.41) is 1.50. The zero-order chi connectivity index (χ0) is 18.3. The van der Waals surface area contributed by atoms with Gasteiger partial charge < -0.3 is 4.57 Å². The molecule has 0 atom stereocenters. The van der Waals surface area contributed by atoms with E-state index >= 15 is 0 Å². The summed E-state index contributed by atoms with van der Waals surface area (Å²) >= 11 is 12.9. The van der Waals surface area contributed by atoms with E-state index in [4.69, 9.17) is 23.8 Å². The second-order valence-electron chi connectivity index (χ2n) is 5.70. The average molecular weight is 401 g/mol. The van der Waals surface area contributed by atoms with Crippen LogP contribution in [0.3, 0.4) is 0 Å². The number of hydrogen-bond donors (Lipinski definition) is 0. The highest BCUT2D eigenvalue weighted by Crippen LogP contribution is 2.25. The van der Waals surface area contributed by atoms with Crippen molar-refractivity contribution in [1.29, 1.82) is 0 Å². The third kappa shape index (κ3) is 2.78. The number of allylic oxidation sites excluding steroid dienone is 1. The van der Waals surface area contributed by atoms with Crippen molar-refractivity contribution in [3.63, 3.8) is 0 Å². The van der Waals surface area contributed by atoms with Crippen LogP contribution in [0.2, 0.25) is 5.02 Å². The molecular formula is C18H13ClN4OS2. The lowest BCUT2D eigenvalue weighted by Gasteiger charge is -2.09. The fraction of sp³-hybridized carbons (Fsp3) is 0.111. The van der Waals surface area contributed by atoms with E-state index in [1.807, 2.05) is 28.8 Å². The fourth-order valence-electron chi connectivity index (χ4n) is 2.88. The third-order valence-corrected chi connectivity index (χ3v) is 5.85. The Bertz CT molecular complexity index is 1270. The van der Waals surface area contributed by atoms with Gasteiger partial charge >= 0.3 is 0 Å². The lowest BCUT2D eigenvalue weighted by molar-refractivity contribution is 0.744. The molecule has 3 heterocycles. The van der Waals surface area contributed by atoms with Crippen molar-refractivity contribution in [2.24, 2.45) is 0 Å². The zero-order valence-electron chi connectivity index (χ0n) is 13.6. The van der Waals surface area contributed by atoms with Crippen LogP contribution in [-0.4, -0.2) is 19.1 Å². The van der Waals surface area contributed by atoms with Crippen molar-refractivity contribution in [3.8, 4) is 0 Å². The molecule has 5 nitrogen and oxygen atoms in total. The van der Waals surface area contributed by atoms with Gasteiger partial charge in [-0.25, -0.2) is 4.98 Å². The molecule has 0 radical (unpaired) electrons. The molecule has 26 heavy (non-hydrogen) atoms. The molecule has 4 rings (SSSR count). The SMILES string of the molecule is C=CCn1c(=S)sc2c(=O)n(Cc3ccc(Cl)c4cccnc34)cnc21. The van der Waals surface area contributed by atoms with Crippen molar-refractivity contribution in [2.75, 3.05) is 0 Å². The number of hydrogen-bond acceptors (Lipinski definition) is 5. The van der Waals surface area contributed by atoms with E-state index in [1.165, 1.54) is 11.3 Å². The Hall–Kier alpha value is -2.35. The van der Waals surface area contributed by atoms with Crippen LogP contribution in [0, 0.1) is 3.95 Å². The van der Waals surface area contributed by atoms with E-state index in [-0.39, 0.29) is 5.56 Å². The second kappa shape index (κ2) is 6.75. The van der Waals surface area contributed by atoms with Gasteiger partial charge in [-0.1, -0.05) is 35.1 Å². The molecule has 4 aromatic rings. The van der Waals surface area contributed by atoms with E-state index in [2.05, 4.69) is 16.5 Å². The minimum atomic E-state index is -0.118. The average Bonchev–Trinajstić information content (AvgIpc) is 2.97. The summed E-state index contributed by atoms with van der Waals surface area (Å²) < 4.78 is 4.54. The molecule has 0 aliphatic carbocycles. The predicted octanol–water partition coefficient (Wildman–Crippen LogP) is 4.42. The first-order chi connectivity index (χ1) is 12.6. The Kier molecular flexibility index (Phi) is 4.44. The van der Waals surface area contributed by atoms with Gasteiger partial charge in [0, 0.05) is 23.2 Å². The number of nitrogens with zero attached hydrogens (tertiary/aromatic N) is 4. The topological polar surface area (TPSA) is 52.7 Å². The van der Waals surface area contributed by atoms with Crippen LogP contribution in [0.5, 0.6) is 0 Å². The first-order valence-electron chi connectivity index (χ1n) is 7.82. The number of thiazole rings is 1. The highest BCUT2D eigenvalue weighted by Gasteiger charge is 2.13. The molecule has 1 aromatic carbocycles. The number of benzene rings is 1. The van der Waals surface area contributed by atoms with Crippen LogP contribution < -0.4 is 5.56 Å². The van der Waals surface area contributed by atoms with Crippen LogP contribution in [0.4, 0.5) is 0 Å². The van der Waals surface area contributed by atoms with Gasteiger partial charge in [-0.15, -0.1) is 6.58 Å². The zero-order valence-corrected chi connectivity index (χ0v) is 15.9. The lowest BCUT2D eigenvalue weighted by atomic mass is 10.1. The van der Waals surface area contributed by atoms with E-state index in [1.54, 1.807) is 23.2 Å². The van der Waals surface area contributed by atoms with Crippen LogP contribution in [-0.2, 0) is 13.1 Å². The van der Waals surface area contributed by atoms with Gasteiger partial charge in [-0.3, -0.25) is 14.3 Å². The maximum Gasteiger partial charge on any atom is 0.273 e. The summed E-state index contributed by atoms with van der Waals surface area (Å²) in [5.74, 6) is 0. The summed E-state index contributed by atoms with van der Waals surface area (Å²) in [6, 6.07) is 7.47. The van der Waals surface area contributed by atoms with Gasteiger partial charge in [-0.2, -0.15) is 0 Å². The number of halogens is 1. The van der Waals surface area contributed by atoms with Crippen molar-refractivity contribution in [3.05, 3.63) is 74.3 Å². The van der Waals surface area contributed by atoms with Gasteiger partial charge in [0.05, 0.1) is 12.1 Å². The standard InChI is InChI=1S/C18H13ClN4OS2/c1-2-8-23-16-15(26-18(23)25)17(24)22(10-21-16)9-11-5-6-13(19)12-4-3-7-20-14(11)12/h2-7,10H,1,8-9H2. The van der Waals surface area contributed by atoms with Crippen molar-refractivity contribution >= 4 is 56.4 Å². The molecule has 130 valence electrons. The second-order valence-corrected chi connectivity index (χ2v) is 7.76. The Morgan fingerprint density at radius 1 is 1.31 bits per heavy atom. The van der Waals surface area contributed by atoms with Crippen molar-refractivity contribution in [1.82, 2.24) is 19.1 Å². The molecule has 0 aliphatic rings. The number of pyridine rings is 1.